The standard InChI is InChI=1S/C25H21FN2O4/c1-30-23-11-18-20(13-24(23)31-2)27-9-8-22(18)32-15-6-7-16-14(10-15)4-3-5-17(16)25(29)28-21-12-19(21)26/h3-11,13,19,21H,12H2,1-2H3,(H,28,29)/p-1/t19-,21?/m1/s1. The molecule has 0 aliphatic heterocycles. The molecule has 1 heterocycles. The molecule has 5 rings (SSSR count). The Bertz CT molecular complexity index is 1350. The summed E-state index contributed by atoms with van der Waals surface area (Å²) >= 11 is 0. The lowest BCUT2D eigenvalue weighted by atomic mass is 10.0. The maximum absolute atomic E-state index is 13.1. The van der Waals surface area contributed by atoms with E-state index in [4.69, 9.17) is 14.2 Å². The fourth-order valence-corrected chi connectivity index (χ4v) is 3.68. The van der Waals surface area contributed by atoms with Gasteiger partial charge in [-0.05, 0) is 46.5 Å². The molecule has 7 heteroatoms. The lowest BCUT2D eigenvalue weighted by Crippen LogP contribution is -2.20. The molecule has 1 unspecified atom stereocenters. The number of ether oxygens (including phenoxy) is 3. The van der Waals surface area contributed by atoms with Gasteiger partial charge in [-0.3, -0.25) is 9.98 Å². The topological polar surface area (TPSA) is 76.0 Å². The number of pyridine rings is 1. The van der Waals surface area contributed by atoms with Crippen molar-refractivity contribution in [3.05, 3.63) is 66.4 Å². The van der Waals surface area contributed by atoms with Crippen molar-refractivity contribution < 1.29 is 23.7 Å². The first kappa shape index (κ1) is 20.1. The minimum atomic E-state index is -0.997. The van der Waals surface area contributed by atoms with E-state index in [0.29, 0.717) is 40.5 Å². The molecule has 2 atom stereocenters. The molecule has 1 aromatic heterocycles. The molecule has 1 fully saturated rings. The minimum Gasteiger partial charge on any atom is -0.858 e. The predicted octanol–water partition coefficient (Wildman–Crippen LogP) is 4.41. The van der Waals surface area contributed by atoms with Crippen LogP contribution in [0.25, 0.3) is 21.7 Å². The number of hydrogen-bond acceptors (Lipinski definition) is 6. The zero-order chi connectivity index (χ0) is 22.2. The van der Waals surface area contributed by atoms with Crippen LogP contribution in [0.4, 0.5) is 4.39 Å². The van der Waals surface area contributed by atoms with Crippen LogP contribution in [0, 0.1) is 0 Å². The van der Waals surface area contributed by atoms with Crippen molar-refractivity contribution in [2.75, 3.05) is 14.2 Å². The second-order valence-corrected chi connectivity index (χ2v) is 7.58. The average Bonchev–Trinajstić information content (AvgIpc) is 3.51. The fraction of sp³-hybridized carbons (Fsp3) is 0.200. The number of halogens is 1. The first-order valence-corrected chi connectivity index (χ1v) is 10.2. The van der Waals surface area contributed by atoms with Crippen LogP contribution in [0.15, 0.2) is 65.8 Å². The van der Waals surface area contributed by atoms with Crippen LogP contribution in [0.2, 0.25) is 0 Å². The van der Waals surface area contributed by atoms with Gasteiger partial charge in [-0.1, -0.05) is 24.3 Å². The van der Waals surface area contributed by atoms with Crippen LogP contribution in [-0.2, 0) is 0 Å². The summed E-state index contributed by atoms with van der Waals surface area (Å²) in [7, 11) is 3.15. The molecule has 1 aliphatic carbocycles. The maximum atomic E-state index is 13.1. The van der Waals surface area contributed by atoms with E-state index in [9.17, 15) is 9.50 Å². The Labute approximate surface area is 183 Å². The van der Waals surface area contributed by atoms with Gasteiger partial charge in [-0.25, -0.2) is 4.39 Å². The normalized spacial score (nSPS) is 18.0. The Morgan fingerprint density at radius 2 is 1.78 bits per heavy atom. The Kier molecular flexibility index (Phi) is 5.01. The summed E-state index contributed by atoms with van der Waals surface area (Å²) in [6.07, 6.45) is 0.993. The zero-order valence-electron chi connectivity index (χ0n) is 17.5. The van der Waals surface area contributed by atoms with Crippen molar-refractivity contribution in [3.63, 3.8) is 0 Å². The highest BCUT2D eigenvalue weighted by molar-refractivity contribution is 6.05. The lowest BCUT2D eigenvalue weighted by molar-refractivity contribution is -0.213. The second-order valence-electron chi connectivity index (χ2n) is 7.58. The van der Waals surface area contributed by atoms with Gasteiger partial charge in [0, 0.05) is 24.1 Å². The summed E-state index contributed by atoms with van der Waals surface area (Å²) in [5, 5.41) is 14.8. The Hall–Kier alpha value is -3.87. The van der Waals surface area contributed by atoms with Crippen LogP contribution in [0.1, 0.15) is 12.0 Å². The molecule has 0 amide bonds. The monoisotopic (exact) mass is 431 g/mol. The molecular weight excluding hydrogens is 411 g/mol. The van der Waals surface area contributed by atoms with Crippen LogP contribution in [0.3, 0.4) is 0 Å². The number of aromatic nitrogens is 1. The zero-order valence-corrected chi connectivity index (χ0v) is 17.5. The third kappa shape index (κ3) is 3.66. The van der Waals surface area contributed by atoms with Crippen molar-refractivity contribution >= 4 is 27.6 Å². The Morgan fingerprint density at radius 3 is 2.53 bits per heavy atom. The molecular formula is C25H20FN2O4-. The number of benzene rings is 3. The van der Waals surface area contributed by atoms with Crippen LogP contribution < -0.4 is 19.3 Å². The van der Waals surface area contributed by atoms with Gasteiger partial charge < -0.3 is 19.3 Å². The van der Waals surface area contributed by atoms with Gasteiger partial charge in [0.25, 0.3) is 0 Å². The van der Waals surface area contributed by atoms with Gasteiger partial charge in [0.1, 0.15) is 17.7 Å². The van der Waals surface area contributed by atoms with E-state index in [1.807, 2.05) is 24.3 Å². The van der Waals surface area contributed by atoms with E-state index in [1.165, 1.54) is 0 Å². The molecule has 0 bridgehead atoms. The van der Waals surface area contributed by atoms with Crippen molar-refractivity contribution in [3.8, 4) is 23.0 Å². The van der Waals surface area contributed by atoms with Crippen LogP contribution in [0.5, 0.6) is 23.0 Å². The van der Waals surface area contributed by atoms with E-state index in [-0.39, 0.29) is 0 Å². The Balaban J connectivity index is 1.51. The predicted molar refractivity (Wildman–Crippen MR) is 119 cm³/mol. The van der Waals surface area contributed by atoms with Crippen molar-refractivity contribution in [2.45, 2.75) is 18.6 Å². The van der Waals surface area contributed by atoms with Gasteiger partial charge in [-0.15, -0.1) is 0 Å². The maximum Gasteiger partial charge on any atom is 0.162 e. The van der Waals surface area contributed by atoms with E-state index in [1.54, 1.807) is 50.7 Å². The molecule has 1 saturated carbocycles. The van der Waals surface area contributed by atoms with Gasteiger partial charge in [0.2, 0.25) is 0 Å². The smallest absolute Gasteiger partial charge is 0.162 e. The van der Waals surface area contributed by atoms with E-state index >= 15 is 0 Å². The number of nitrogens with zero attached hydrogens (tertiary/aromatic N) is 2. The molecule has 4 aromatic rings. The molecule has 3 aromatic carbocycles. The number of alkyl halides is 1. The Morgan fingerprint density at radius 1 is 1.00 bits per heavy atom. The summed E-state index contributed by atoms with van der Waals surface area (Å²) in [4.78, 5) is 8.36. The highest BCUT2D eigenvalue weighted by Gasteiger charge is 2.36. The molecule has 0 spiro atoms. The third-order valence-corrected chi connectivity index (χ3v) is 5.48. The first-order chi connectivity index (χ1) is 15.6. The molecule has 6 nitrogen and oxygen atoms in total. The summed E-state index contributed by atoms with van der Waals surface area (Å²) in [5.74, 6) is 1.99. The van der Waals surface area contributed by atoms with E-state index in [0.717, 1.165) is 16.2 Å². The summed E-state index contributed by atoms with van der Waals surface area (Å²) in [5.41, 5.74) is 1.17. The first-order valence-electron chi connectivity index (χ1n) is 10.2. The summed E-state index contributed by atoms with van der Waals surface area (Å²) in [6.45, 7) is 0. The molecule has 0 radical (unpaired) electrons. The van der Waals surface area contributed by atoms with Crippen molar-refractivity contribution in [1.82, 2.24) is 4.98 Å². The van der Waals surface area contributed by atoms with E-state index in [2.05, 4.69) is 9.98 Å². The van der Waals surface area contributed by atoms with Crippen LogP contribution in [-0.4, -0.2) is 37.3 Å². The number of methoxy groups -OCH3 is 2. The molecule has 0 saturated heterocycles. The van der Waals surface area contributed by atoms with Crippen molar-refractivity contribution in [2.24, 2.45) is 4.99 Å². The van der Waals surface area contributed by atoms with Gasteiger partial charge in [-0.2, -0.15) is 0 Å². The van der Waals surface area contributed by atoms with Crippen LogP contribution >= 0.6 is 0 Å². The summed E-state index contributed by atoms with van der Waals surface area (Å²) < 4.78 is 30.1. The number of aliphatic imine (C=N–C) groups is 1. The minimum absolute atomic E-state index is 0.324. The van der Waals surface area contributed by atoms with Gasteiger partial charge >= 0.3 is 0 Å². The van der Waals surface area contributed by atoms with Gasteiger partial charge in [0.15, 0.2) is 11.5 Å². The molecule has 32 heavy (non-hydrogen) atoms. The largest absolute Gasteiger partial charge is 0.858 e. The van der Waals surface area contributed by atoms with Crippen molar-refractivity contribution in [1.29, 1.82) is 0 Å². The highest BCUT2D eigenvalue weighted by atomic mass is 19.1. The average molecular weight is 431 g/mol. The highest BCUT2D eigenvalue weighted by Crippen LogP contribution is 2.37. The summed E-state index contributed by atoms with van der Waals surface area (Å²) in [6, 6.07) is 15.8. The fourth-order valence-electron chi connectivity index (χ4n) is 3.68. The quantitative estimate of drug-likeness (QED) is 0.334. The third-order valence-electron chi connectivity index (χ3n) is 5.48. The number of hydrogen-bond donors (Lipinski definition) is 0. The lowest BCUT2D eigenvalue weighted by Gasteiger charge is -2.15. The number of fused-ring (bicyclic) bond motifs is 2. The SMILES string of the molecule is COc1cc2nccc(Oc3ccc4c(C([O-])=NC5C[C@H]5F)cccc4c3)c2cc1OC. The second kappa shape index (κ2) is 8.00. The van der Waals surface area contributed by atoms with E-state index < -0.39 is 18.1 Å². The molecule has 1 aliphatic rings. The number of rotatable bonds is 6. The molecule has 162 valence electrons. The molecule has 0 N–H and O–H groups in total. The van der Waals surface area contributed by atoms with Gasteiger partial charge in [0.05, 0.1) is 25.8 Å².